The minimum atomic E-state index is -0.190. The van der Waals surface area contributed by atoms with E-state index in [0.717, 1.165) is 0 Å². The maximum Gasteiger partial charge on any atom is 0.174 e. The van der Waals surface area contributed by atoms with Crippen molar-refractivity contribution in [2.45, 2.75) is 6.42 Å². The minimum absolute atomic E-state index is 0.0120. The van der Waals surface area contributed by atoms with E-state index in [9.17, 15) is 9.90 Å². The monoisotopic (exact) mass is 203 g/mol. The molecule has 76 valence electrons. The summed E-state index contributed by atoms with van der Waals surface area (Å²) in [6.07, 6.45) is 1.45. The van der Waals surface area contributed by atoms with Gasteiger partial charge in [0.15, 0.2) is 5.78 Å². The Bertz CT molecular complexity index is 465. The topological polar surface area (TPSA) is 78.9 Å². The summed E-state index contributed by atoms with van der Waals surface area (Å²) >= 11 is 0. The Balaban J connectivity index is 2.19. The van der Waals surface area contributed by atoms with Crippen molar-refractivity contribution in [2.24, 2.45) is 0 Å². The van der Waals surface area contributed by atoms with Crippen molar-refractivity contribution >= 4 is 5.78 Å². The predicted molar refractivity (Wildman–Crippen MR) is 52.5 cm³/mol. The number of hydrogen-bond donors (Lipinski definition) is 2. The molecule has 2 aromatic rings. The van der Waals surface area contributed by atoms with Crippen LogP contribution in [0.25, 0.3) is 0 Å². The number of benzene rings is 1. The summed E-state index contributed by atoms with van der Waals surface area (Å²) < 4.78 is 0. The van der Waals surface area contributed by atoms with Gasteiger partial charge in [0.2, 0.25) is 0 Å². The highest BCUT2D eigenvalue weighted by atomic mass is 16.3. The number of hydrogen-bond acceptors (Lipinski definition) is 4. The van der Waals surface area contributed by atoms with E-state index in [2.05, 4.69) is 15.2 Å². The highest BCUT2D eigenvalue weighted by molar-refractivity contribution is 5.99. The minimum Gasteiger partial charge on any atom is -0.507 e. The van der Waals surface area contributed by atoms with Crippen LogP contribution in [-0.2, 0) is 6.42 Å². The number of aromatic hydroxyl groups is 1. The molecule has 0 fully saturated rings. The van der Waals surface area contributed by atoms with Crippen molar-refractivity contribution < 1.29 is 9.90 Å². The number of aromatic amines is 1. The Kier molecular flexibility index (Phi) is 2.45. The van der Waals surface area contributed by atoms with Gasteiger partial charge >= 0.3 is 0 Å². The molecule has 5 heteroatoms. The summed E-state index contributed by atoms with van der Waals surface area (Å²) in [4.78, 5) is 15.5. The molecule has 2 N–H and O–H groups in total. The molecule has 1 aromatic heterocycles. The lowest BCUT2D eigenvalue weighted by Gasteiger charge is -2.00. The fourth-order valence-corrected chi connectivity index (χ4v) is 1.27. The lowest BCUT2D eigenvalue weighted by atomic mass is 10.1. The fraction of sp³-hybridized carbons (Fsp3) is 0.100. The van der Waals surface area contributed by atoms with Crippen molar-refractivity contribution in [3.8, 4) is 5.75 Å². The number of para-hydroxylation sites is 1. The number of phenols is 1. The largest absolute Gasteiger partial charge is 0.507 e. The standard InChI is InChI=1S/C10H9N3O2/c14-8-4-2-1-3-7(8)9(15)5-10-11-6-12-13-10/h1-4,6,14H,5H2,(H,11,12,13). The molecule has 1 aromatic carbocycles. The van der Waals surface area contributed by atoms with Gasteiger partial charge in [-0.3, -0.25) is 9.89 Å². The van der Waals surface area contributed by atoms with E-state index in [1.807, 2.05) is 0 Å². The van der Waals surface area contributed by atoms with Crippen LogP contribution in [0.5, 0.6) is 5.75 Å². The molecule has 2 rings (SSSR count). The first kappa shape index (κ1) is 9.39. The average molecular weight is 203 g/mol. The maximum absolute atomic E-state index is 11.7. The molecule has 0 aliphatic heterocycles. The van der Waals surface area contributed by atoms with Crippen LogP contribution < -0.4 is 0 Å². The molecule has 0 atom stereocenters. The second kappa shape index (κ2) is 3.91. The van der Waals surface area contributed by atoms with Gasteiger partial charge < -0.3 is 5.11 Å². The van der Waals surface area contributed by atoms with Crippen LogP contribution in [0.3, 0.4) is 0 Å². The van der Waals surface area contributed by atoms with Crippen molar-refractivity contribution in [1.82, 2.24) is 15.2 Å². The van der Waals surface area contributed by atoms with E-state index in [4.69, 9.17) is 0 Å². The second-order valence-electron chi connectivity index (χ2n) is 3.05. The first-order chi connectivity index (χ1) is 7.27. The summed E-state index contributed by atoms with van der Waals surface area (Å²) in [5, 5.41) is 15.7. The summed E-state index contributed by atoms with van der Waals surface area (Å²) in [7, 11) is 0. The average Bonchev–Trinajstić information content (AvgIpc) is 2.71. The predicted octanol–water partition coefficient (Wildman–Crippen LogP) is 0.936. The third-order valence-electron chi connectivity index (χ3n) is 2.00. The molecule has 5 nitrogen and oxygen atoms in total. The molecule has 0 aliphatic carbocycles. The van der Waals surface area contributed by atoms with Gasteiger partial charge in [-0.15, -0.1) is 0 Å². The molecule has 15 heavy (non-hydrogen) atoms. The lowest BCUT2D eigenvalue weighted by Crippen LogP contribution is -2.05. The molecule has 0 saturated carbocycles. The Morgan fingerprint density at radius 2 is 2.20 bits per heavy atom. The normalized spacial score (nSPS) is 10.1. The van der Waals surface area contributed by atoms with E-state index in [1.54, 1.807) is 18.2 Å². The van der Waals surface area contributed by atoms with Crippen molar-refractivity contribution in [2.75, 3.05) is 0 Å². The summed E-state index contributed by atoms with van der Waals surface area (Å²) in [5.74, 6) is 0.287. The SMILES string of the molecule is O=C(Cc1ncn[nH]1)c1ccccc1O. The third-order valence-corrected chi connectivity index (χ3v) is 2.00. The molecular weight excluding hydrogens is 194 g/mol. The number of ketones is 1. The van der Waals surface area contributed by atoms with E-state index < -0.39 is 0 Å². The maximum atomic E-state index is 11.7. The highest BCUT2D eigenvalue weighted by Gasteiger charge is 2.12. The van der Waals surface area contributed by atoms with Gasteiger partial charge in [0.05, 0.1) is 12.0 Å². The van der Waals surface area contributed by atoms with Crippen LogP contribution in [0.1, 0.15) is 16.2 Å². The van der Waals surface area contributed by atoms with Crippen LogP contribution in [0.15, 0.2) is 30.6 Å². The zero-order valence-corrected chi connectivity index (χ0v) is 7.84. The Labute approximate surface area is 85.8 Å². The van der Waals surface area contributed by atoms with Crippen molar-refractivity contribution in [3.63, 3.8) is 0 Å². The van der Waals surface area contributed by atoms with Gasteiger partial charge in [-0.1, -0.05) is 12.1 Å². The molecule has 0 amide bonds. The van der Waals surface area contributed by atoms with Crippen molar-refractivity contribution in [1.29, 1.82) is 0 Å². The first-order valence-electron chi connectivity index (χ1n) is 4.43. The third kappa shape index (κ3) is 2.01. The van der Waals surface area contributed by atoms with Gasteiger partial charge in [-0.05, 0) is 12.1 Å². The van der Waals surface area contributed by atoms with E-state index in [0.29, 0.717) is 11.4 Å². The number of nitrogens with one attached hydrogen (secondary N) is 1. The van der Waals surface area contributed by atoms with E-state index >= 15 is 0 Å². The van der Waals surface area contributed by atoms with Crippen molar-refractivity contribution in [3.05, 3.63) is 42.0 Å². The molecular formula is C10H9N3O2. The number of aromatic nitrogens is 3. The summed E-state index contributed by atoms with van der Waals surface area (Å²) in [6, 6.07) is 6.43. The number of H-pyrrole nitrogens is 1. The first-order valence-corrected chi connectivity index (χ1v) is 4.43. The van der Waals surface area contributed by atoms with Gasteiger partial charge in [-0.25, -0.2) is 4.98 Å². The summed E-state index contributed by atoms with van der Waals surface area (Å²) in [6.45, 7) is 0. The van der Waals surface area contributed by atoms with Gasteiger partial charge in [0.1, 0.15) is 17.9 Å². The molecule has 0 bridgehead atoms. The number of nitrogens with zero attached hydrogens (tertiary/aromatic N) is 2. The molecule has 0 aliphatic rings. The number of Topliss-reactive ketones (excluding diaryl/α,β-unsaturated/α-hetero) is 1. The number of phenolic OH excluding ortho intramolecular Hbond substituents is 1. The number of carbonyl (C=O) groups is 1. The molecule has 0 spiro atoms. The molecule has 0 unspecified atom stereocenters. The smallest absolute Gasteiger partial charge is 0.174 e. The zero-order valence-electron chi connectivity index (χ0n) is 7.84. The number of rotatable bonds is 3. The Morgan fingerprint density at radius 3 is 2.87 bits per heavy atom. The molecule has 0 saturated heterocycles. The van der Waals surface area contributed by atoms with Gasteiger partial charge in [0.25, 0.3) is 0 Å². The molecule has 1 heterocycles. The highest BCUT2D eigenvalue weighted by Crippen LogP contribution is 2.17. The van der Waals surface area contributed by atoms with Gasteiger partial charge in [-0.2, -0.15) is 5.10 Å². The van der Waals surface area contributed by atoms with Crippen LogP contribution >= 0.6 is 0 Å². The van der Waals surface area contributed by atoms with E-state index in [1.165, 1.54) is 12.4 Å². The van der Waals surface area contributed by atoms with Crippen LogP contribution in [0.4, 0.5) is 0 Å². The Hall–Kier alpha value is -2.17. The van der Waals surface area contributed by atoms with Crippen LogP contribution in [-0.4, -0.2) is 26.1 Å². The Morgan fingerprint density at radius 1 is 1.40 bits per heavy atom. The van der Waals surface area contributed by atoms with E-state index in [-0.39, 0.29) is 18.0 Å². The summed E-state index contributed by atoms with van der Waals surface area (Å²) in [5.41, 5.74) is 0.300. The number of carbonyl (C=O) groups excluding carboxylic acids is 1. The van der Waals surface area contributed by atoms with Crippen LogP contribution in [0.2, 0.25) is 0 Å². The fourth-order valence-electron chi connectivity index (χ4n) is 1.27. The zero-order chi connectivity index (χ0) is 10.7. The van der Waals surface area contributed by atoms with Gasteiger partial charge in [0, 0.05) is 0 Å². The quantitative estimate of drug-likeness (QED) is 0.727. The molecule has 0 radical (unpaired) electrons. The van der Waals surface area contributed by atoms with Crippen LogP contribution in [0, 0.1) is 0 Å². The lowest BCUT2D eigenvalue weighted by molar-refractivity contribution is 0.0988. The second-order valence-corrected chi connectivity index (χ2v) is 3.05.